The van der Waals surface area contributed by atoms with E-state index in [0.717, 1.165) is 9.79 Å². The Morgan fingerprint density at radius 3 is 2.67 bits per heavy atom. The molecule has 0 aliphatic heterocycles. The molecule has 2 aromatic carbocycles. The smallest absolute Gasteiger partial charge is 0.124 e. The van der Waals surface area contributed by atoms with Crippen LogP contribution in [0.3, 0.4) is 0 Å². The Morgan fingerprint density at radius 1 is 1.22 bits per heavy atom. The normalized spacial score (nSPS) is 10.3. The first-order valence-corrected chi connectivity index (χ1v) is 6.33. The predicted molar refractivity (Wildman–Crippen MR) is 73.0 cm³/mol. The average Bonchev–Trinajstić information content (AvgIpc) is 2.28. The molecule has 0 atom stereocenters. The third-order valence-electron chi connectivity index (χ3n) is 2.26. The van der Waals surface area contributed by atoms with Crippen LogP contribution in [0, 0.1) is 11.2 Å². The molecule has 2 rings (SSSR count). The summed E-state index contributed by atoms with van der Waals surface area (Å²) in [6, 6.07) is 11.3. The summed E-state index contributed by atoms with van der Waals surface area (Å²) in [5.41, 5.74) is 6.09. The van der Waals surface area contributed by atoms with E-state index in [2.05, 4.69) is 0 Å². The molecule has 0 radical (unpaired) electrons. The molecule has 3 N–H and O–H groups in total. The van der Waals surface area contributed by atoms with Gasteiger partial charge in [0.2, 0.25) is 0 Å². The van der Waals surface area contributed by atoms with Gasteiger partial charge in [-0.3, -0.25) is 5.41 Å². The minimum atomic E-state index is -0.300. The van der Waals surface area contributed by atoms with E-state index in [1.165, 1.54) is 23.9 Å². The molecule has 0 heterocycles. The molecule has 0 aliphatic rings. The monoisotopic (exact) mass is 280 g/mol. The molecule has 0 bridgehead atoms. The second-order valence-electron chi connectivity index (χ2n) is 3.61. The number of halogens is 2. The van der Waals surface area contributed by atoms with E-state index in [0.29, 0.717) is 10.6 Å². The molecule has 2 nitrogen and oxygen atoms in total. The lowest BCUT2D eigenvalue weighted by Crippen LogP contribution is -2.12. The van der Waals surface area contributed by atoms with Crippen molar-refractivity contribution in [3.8, 4) is 0 Å². The highest BCUT2D eigenvalue weighted by molar-refractivity contribution is 7.99. The number of hydrogen-bond acceptors (Lipinski definition) is 2. The van der Waals surface area contributed by atoms with Crippen LogP contribution in [0.5, 0.6) is 0 Å². The van der Waals surface area contributed by atoms with Gasteiger partial charge in [0.25, 0.3) is 0 Å². The van der Waals surface area contributed by atoms with Gasteiger partial charge in [0, 0.05) is 20.4 Å². The third kappa shape index (κ3) is 3.03. The summed E-state index contributed by atoms with van der Waals surface area (Å²) in [6.07, 6.45) is 0. The van der Waals surface area contributed by atoms with Gasteiger partial charge in [-0.2, -0.15) is 0 Å². The Hall–Kier alpha value is -1.52. The van der Waals surface area contributed by atoms with E-state index in [4.69, 9.17) is 22.7 Å². The second-order valence-corrected chi connectivity index (χ2v) is 5.17. The van der Waals surface area contributed by atoms with Crippen molar-refractivity contribution in [3.63, 3.8) is 0 Å². The highest BCUT2D eigenvalue weighted by atomic mass is 35.5. The second kappa shape index (κ2) is 5.42. The Kier molecular flexibility index (Phi) is 3.89. The zero-order chi connectivity index (χ0) is 13.1. The number of nitrogen functional groups attached to an aromatic ring is 1. The first-order valence-electron chi connectivity index (χ1n) is 5.13. The van der Waals surface area contributed by atoms with Crippen LogP contribution in [0.2, 0.25) is 5.02 Å². The fraction of sp³-hybridized carbons (Fsp3) is 0. The first-order chi connectivity index (χ1) is 8.56. The van der Waals surface area contributed by atoms with Crippen LogP contribution in [0.15, 0.2) is 52.3 Å². The minimum absolute atomic E-state index is 0.0365. The molecular formula is C13H10ClFN2S. The summed E-state index contributed by atoms with van der Waals surface area (Å²) in [6.45, 7) is 0. The molecule has 0 spiro atoms. The van der Waals surface area contributed by atoms with Gasteiger partial charge >= 0.3 is 0 Å². The maximum absolute atomic E-state index is 13.1. The molecule has 92 valence electrons. The van der Waals surface area contributed by atoms with Crippen molar-refractivity contribution < 1.29 is 4.39 Å². The third-order valence-corrected chi connectivity index (χ3v) is 3.54. The quantitative estimate of drug-likeness (QED) is 0.661. The maximum Gasteiger partial charge on any atom is 0.124 e. The predicted octanol–water partition coefficient (Wildman–Crippen LogP) is 3.91. The van der Waals surface area contributed by atoms with Crippen molar-refractivity contribution in [2.45, 2.75) is 9.79 Å². The van der Waals surface area contributed by atoms with Crippen LogP contribution >= 0.6 is 23.4 Å². The minimum Gasteiger partial charge on any atom is -0.384 e. The number of hydrogen-bond donors (Lipinski definition) is 2. The van der Waals surface area contributed by atoms with Crippen molar-refractivity contribution >= 4 is 29.2 Å². The summed E-state index contributed by atoms with van der Waals surface area (Å²) in [4.78, 5) is 1.47. The zero-order valence-electron chi connectivity index (χ0n) is 9.28. The van der Waals surface area contributed by atoms with Gasteiger partial charge in [0.05, 0.1) is 0 Å². The van der Waals surface area contributed by atoms with Crippen LogP contribution in [-0.2, 0) is 0 Å². The Labute approximate surface area is 113 Å². The molecule has 0 unspecified atom stereocenters. The van der Waals surface area contributed by atoms with Crippen molar-refractivity contribution in [2.75, 3.05) is 0 Å². The van der Waals surface area contributed by atoms with E-state index in [1.807, 2.05) is 0 Å². The lowest BCUT2D eigenvalue weighted by atomic mass is 10.2. The van der Waals surface area contributed by atoms with Gasteiger partial charge in [-0.05, 0) is 36.4 Å². The maximum atomic E-state index is 13.1. The molecule has 0 saturated carbocycles. The highest BCUT2D eigenvalue weighted by Gasteiger charge is 2.08. The van der Waals surface area contributed by atoms with Gasteiger partial charge in [-0.15, -0.1) is 0 Å². The number of nitrogens with one attached hydrogen (secondary N) is 1. The number of benzene rings is 2. The molecule has 0 fully saturated rings. The SMILES string of the molecule is N=C(N)c1ccc(Cl)cc1Sc1cccc(F)c1. The van der Waals surface area contributed by atoms with E-state index in [-0.39, 0.29) is 11.7 Å². The van der Waals surface area contributed by atoms with Crippen LogP contribution in [0.4, 0.5) is 4.39 Å². The van der Waals surface area contributed by atoms with E-state index < -0.39 is 0 Å². The summed E-state index contributed by atoms with van der Waals surface area (Å²) in [5, 5.41) is 8.06. The Balaban J connectivity index is 2.39. The van der Waals surface area contributed by atoms with Crippen LogP contribution in [0.25, 0.3) is 0 Å². The summed E-state index contributed by atoms with van der Waals surface area (Å²) >= 11 is 7.25. The summed E-state index contributed by atoms with van der Waals surface area (Å²) < 4.78 is 13.1. The topological polar surface area (TPSA) is 49.9 Å². The van der Waals surface area contributed by atoms with E-state index in [1.54, 1.807) is 30.3 Å². The first kappa shape index (κ1) is 12.9. The molecule has 0 amide bonds. The summed E-state index contributed by atoms with van der Waals surface area (Å²) in [5.74, 6) is -0.336. The van der Waals surface area contributed by atoms with Gasteiger partial charge < -0.3 is 5.73 Å². The molecular weight excluding hydrogens is 271 g/mol. The van der Waals surface area contributed by atoms with Crippen molar-refractivity contribution in [1.29, 1.82) is 5.41 Å². The van der Waals surface area contributed by atoms with Gasteiger partial charge in [-0.1, -0.05) is 29.4 Å². The fourth-order valence-corrected chi connectivity index (χ4v) is 2.74. The zero-order valence-corrected chi connectivity index (χ0v) is 10.9. The van der Waals surface area contributed by atoms with Crippen LogP contribution < -0.4 is 5.73 Å². The van der Waals surface area contributed by atoms with Crippen molar-refractivity contribution in [1.82, 2.24) is 0 Å². The lowest BCUT2D eigenvalue weighted by Gasteiger charge is -2.08. The van der Waals surface area contributed by atoms with Crippen molar-refractivity contribution in [3.05, 3.63) is 58.9 Å². The summed E-state index contributed by atoms with van der Waals surface area (Å²) in [7, 11) is 0. The van der Waals surface area contributed by atoms with Gasteiger partial charge in [0.1, 0.15) is 11.7 Å². The van der Waals surface area contributed by atoms with Gasteiger partial charge in [-0.25, -0.2) is 4.39 Å². The van der Waals surface area contributed by atoms with E-state index >= 15 is 0 Å². The molecule has 0 aromatic heterocycles. The molecule has 2 aromatic rings. The number of rotatable bonds is 3. The van der Waals surface area contributed by atoms with E-state index in [9.17, 15) is 4.39 Å². The van der Waals surface area contributed by atoms with Crippen LogP contribution in [0.1, 0.15) is 5.56 Å². The average molecular weight is 281 g/mol. The van der Waals surface area contributed by atoms with Crippen molar-refractivity contribution in [2.24, 2.45) is 5.73 Å². The lowest BCUT2D eigenvalue weighted by molar-refractivity contribution is 0.624. The largest absolute Gasteiger partial charge is 0.384 e. The number of amidine groups is 1. The molecule has 5 heteroatoms. The standard InChI is InChI=1S/C13H10ClFN2S/c14-8-4-5-11(13(16)17)12(6-8)18-10-3-1-2-9(15)7-10/h1-7H,(H3,16,17). The number of nitrogens with two attached hydrogens (primary N) is 1. The Morgan fingerprint density at radius 2 is 2.00 bits per heavy atom. The highest BCUT2D eigenvalue weighted by Crippen LogP contribution is 2.32. The fourth-order valence-electron chi connectivity index (χ4n) is 1.46. The van der Waals surface area contributed by atoms with Gasteiger partial charge in [0.15, 0.2) is 0 Å². The van der Waals surface area contributed by atoms with Crippen LogP contribution in [-0.4, -0.2) is 5.84 Å². The molecule has 0 aliphatic carbocycles. The Bertz CT molecular complexity index is 601. The molecule has 0 saturated heterocycles. The molecule has 18 heavy (non-hydrogen) atoms.